The second-order valence-corrected chi connectivity index (χ2v) is 3.61. The van der Waals surface area contributed by atoms with Gasteiger partial charge in [0.15, 0.2) is 0 Å². The van der Waals surface area contributed by atoms with E-state index in [4.69, 9.17) is 5.73 Å². The van der Waals surface area contributed by atoms with E-state index in [1.807, 2.05) is 12.1 Å². The second kappa shape index (κ2) is 5.47. The maximum absolute atomic E-state index is 10.6. The average molecular weight is 194 g/mol. The maximum Gasteiger partial charge on any atom is 0.223 e. The molecule has 3 nitrogen and oxygen atoms in total. The van der Waals surface area contributed by atoms with E-state index in [9.17, 15) is 4.79 Å². The highest BCUT2D eigenvalue weighted by Crippen LogP contribution is 2.07. The number of carbonyl (C=O) groups is 1. The molecule has 0 aliphatic rings. The van der Waals surface area contributed by atoms with Crippen LogP contribution in [0.2, 0.25) is 0 Å². The van der Waals surface area contributed by atoms with E-state index in [2.05, 4.69) is 11.9 Å². The Morgan fingerprint density at radius 3 is 2.71 bits per heavy atom. The summed E-state index contributed by atoms with van der Waals surface area (Å²) in [7, 11) is 0. The molecule has 1 aromatic rings. The first-order valence-electron chi connectivity index (χ1n) is 5.17. The predicted octanol–water partition coefficient (Wildman–Crippen LogP) is 1.78. The first-order valence-corrected chi connectivity index (χ1v) is 5.17. The molecule has 0 saturated carbocycles. The number of amides is 1. The van der Waals surface area contributed by atoms with Crippen molar-refractivity contribution in [3.8, 4) is 0 Å². The number of unbranched alkanes of at least 4 members (excludes halogenated alkanes) is 2. The van der Waals surface area contributed by atoms with Gasteiger partial charge in [0.25, 0.3) is 0 Å². The van der Waals surface area contributed by atoms with Crippen LogP contribution in [0.1, 0.15) is 37.6 Å². The maximum atomic E-state index is 10.6. The number of nitrogens with two attached hydrogens (primary N) is 1. The van der Waals surface area contributed by atoms with Crippen LogP contribution >= 0.6 is 0 Å². The molecule has 0 aliphatic carbocycles. The quantitative estimate of drug-likeness (QED) is 0.666. The lowest BCUT2D eigenvalue weighted by atomic mass is 10.2. The second-order valence-electron chi connectivity index (χ2n) is 3.61. The van der Waals surface area contributed by atoms with Crippen molar-refractivity contribution in [3.63, 3.8) is 0 Å². The summed E-state index contributed by atoms with van der Waals surface area (Å²) in [6.45, 7) is 2.19. The average Bonchev–Trinajstić information content (AvgIpc) is 2.52. The lowest BCUT2D eigenvalue weighted by Gasteiger charge is -1.96. The molecule has 0 fully saturated rings. The highest BCUT2D eigenvalue weighted by molar-refractivity contribution is 5.76. The van der Waals surface area contributed by atoms with Gasteiger partial charge >= 0.3 is 0 Å². The van der Waals surface area contributed by atoms with Crippen molar-refractivity contribution in [2.24, 2.45) is 5.73 Å². The van der Waals surface area contributed by atoms with Gasteiger partial charge in [-0.25, -0.2) is 0 Å². The molecule has 78 valence electrons. The molecule has 0 spiro atoms. The van der Waals surface area contributed by atoms with E-state index < -0.39 is 0 Å². The first kappa shape index (κ1) is 10.8. The fraction of sp³-hybridized carbons (Fsp3) is 0.545. The summed E-state index contributed by atoms with van der Waals surface area (Å²) >= 11 is 0. The van der Waals surface area contributed by atoms with Gasteiger partial charge in [0.2, 0.25) is 5.91 Å². The lowest BCUT2D eigenvalue weighted by molar-refractivity contribution is -0.117. The number of hydrogen-bond donors (Lipinski definition) is 2. The molecule has 14 heavy (non-hydrogen) atoms. The number of nitrogens with one attached hydrogen (secondary N) is 1. The van der Waals surface area contributed by atoms with Crippen molar-refractivity contribution >= 4 is 5.91 Å². The summed E-state index contributed by atoms with van der Waals surface area (Å²) < 4.78 is 0. The molecule has 3 heteroatoms. The number of aryl methyl sites for hydroxylation is 1. The van der Waals surface area contributed by atoms with E-state index in [0.29, 0.717) is 6.42 Å². The van der Waals surface area contributed by atoms with E-state index in [0.717, 1.165) is 12.1 Å². The third kappa shape index (κ3) is 3.64. The smallest absolute Gasteiger partial charge is 0.223 e. The molecule has 1 aromatic heterocycles. The Morgan fingerprint density at radius 1 is 1.36 bits per heavy atom. The van der Waals surface area contributed by atoms with Crippen molar-refractivity contribution in [3.05, 3.63) is 23.5 Å². The zero-order valence-corrected chi connectivity index (χ0v) is 8.68. The minimum atomic E-state index is -0.285. The van der Waals surface area contributed by atoms with E-state index >= 15 is 0 Å². The largest absolute Gasteiger partial charge is 0.369 e. The normalized spacial score (nSPS) is 10.4. The highest BCUT2D eigenvalue weighted by Gasteiger charge is 2.01. The van der Waals surface area contributed by atoms with Gasteiger partial charge in [-0.05, 0) is 25.0 Å². The van der Waals surface area contributed by atoms with Crippen LogP contribution in [0.4, 0.5) is 0 Å². The number of hydrogen-bond acceptors (Lipinski definition) is 1. The Labute approximate surface area is 84.7 Å². The molecule has 0 radical (unpaired) electrons. The topological polar surface area (TPSA) is 58.9 Å². The number of aromatic amines is 1. The van der Waals surface area contributed by atoms with Gasteiger partial charge in [-0.2, -0.15) is 0 Å². The monoisotopic (exact) mass is 194 g/mol. The van der Waals surface area contributed by atoms with Crippen LogP contribution in [0.15, 0.2) is 12.1 Å². The summed E-state index contributed by atoms with van der Waals surface area (Å²) in [5, 5.41) is 0. The minimum Gasteiger partial charge on any atom is -0.369 e. The number of primary amides is 1. The van der Waals surface area contributed by atoms with Gasteiger partial charge < -0.3 is 10.7 Å². The van der Waals surface area contributed by atoms with Gasteiger partial charge in [0.1, 0.15) is 0 Å². The third-order valence-electron chi connectivity index (χ3n) is 2.22. The fourth-order valence-corrected chi connectivity index (χ4v) is 1.49. The van der Waals surface area contributed by atoms with Crippen LogP contribution in [-0.4, -0.2) is 10.9 Å². The number of rotatable bonds is 6. The Balaban J connectivity index is 2.38. The van der Waals surface area contributed by atoms with E-state index in [1.165, 1.54) is 25.0 Å². The van der Waals surface area contributed by atoms with Gasteiger partial charge in [-0.3, -0.25) is 4.79 Å². The highest BCUT2D eigenvalue weighted by atomic mass is 16.1. The molecule has 0 atom stereocenters. The number of H-pyrrole nitrogens is 1. The number of carbonyl (C=O) groups excluding carboxylic acids is 1. The Hall–Kier alpha value is -1.25. The summed E-state index contributed by atoms with van der Waals surface area (Å²) in [4.78, 5) is 13.8. The molecule has 1 heterocycles. The summed E-state index contributed by atoms with van der Waals surface area (Å²) in [5.74, 6) is -0.285. The Kier molecular flexibility index (Phi) is 4.23. The summed E-state index contributed by atoms with van der Waals surface area (Å²) in [6, 6.07) is 3.97. The number of aromatic nitrogens is 1. The third-order valence-corrected chi connectivity index (χ3v) is 2.22. The van der Waals surface area contributed by atoms with Crippen LogP contribution in [-0.2, 0) is 17.6 Å². The lowest BCUT2D eigenvalue weighted by Crippen LogP contribution is -2.13. The molecule has 0 aliphatic heterocycles. The molecule has 0 bridgehead atoms. The van der Waals surface area contributed by atoms with Crippen molar-refractivity contribution in [1.29, 1.82) is 0 Å². The van der Waals surface area contributed by atoms with E-state index in [1.54, 1.807) is 0 Å². The van der Waals surface area contributed by atoms with Crippen molar-refractivity contribution < 1.29 is 4.79 Å². The van der Waals surface area contributed by atoms with Gasteiger partial charge in [0, 0.05) is 11.4 Å². The van der Waals surface area contributed by atoms with Crippen LogP contribution in [0, 0.1) is 0 Å². The zero-order chi connectivity index (χ0) is 10.4. The molecule has 0 aromatic carbocycles. The molecule has 0 unspecified atom stereocenters. The van der Waals surface area contributed by atoms with Gasteiger partial charge in [0.05, 0.1) is 6.42 Å². The van der Waals surface area contributed by atoms with Gasteiger partial charge in [-0.1, -0.05) is 19.8 Å². The minimum absolute atomic E-state index is 0.285. The molecule has 1 amide bonds. The van der Waals surface area contributed by atoms with Crippen LogP contribution in [0.5, 0.6) is 0 Å². The SMILES string of the molecule is CCCCCc1ccc(CC(N)=O)[nH]1. The molecular formula is C11H18N2O. The van der Waals surface area contributed by atoms with Crippen LogP contribution in [0.3, 0.4) is 0 Å². The fourth-order valence-electron chi connectivity index (χ4n) is 1.49. The first-order chi connectivity index (χ1) is 6.72. The van der Waals surface area contributed by atoms with Crippen molar-refractivity contribution in [1.82, 2.24) is 4.98 Å². The summed E-state index contributed by atoms with van der Waals surface area (Å²) in [6.07, 6.45) is 5.06. The van der Waals surface area contributed by atoms with Crippen LogP contribution in [0.25, 0.3) is 0 Å². The Morgan fingerprint density at radius 2 is 2.07 bits per heavy atom. The molecular weight excluding hydrogens is 176 g/mol. The van der Waals surface area contributed by atoms with Crippen molar-refractivity contribution in [2.45, 2.75) is 39.0 Å². The van der Waals surface area contributed by atoms with Crippen LogP contribution < -0.4 is 5.73 Å². The standard InChI is InChI=1S/C11H18N2O/c1-2-3-4-5-9-6-7-10(13-9)8-11(12)14/h6-7,13H,2-5,8H2,1H3,(H2,12,14). The van der Waals surface area contributed by atoms with Gasteiger partial charge in [-0.15, -0.1) is 0 Å². The zero-order valence-electron chi connectivity index (χ0n) is 8.68. The Bertz CT molecular complexity index is 291. The van der Waals surface area contributed by atoms with E-state index in [-0.39, 0.29) is 5.91 Å². The molecule has 3 N–H and O–H groups in total. The van der Waals surface area contributed by atoms with Crippen molar-refractivity contribution in [2.75, 3.05) is 0 Å². The molecule has 1 rings (SSSR count). The predicted molar refractivity (Wildman–Crippen MR) is 56.9 cm³/mol. The molecule has 0 saturated heterocycles. The summed E-state index contributed by atoms with van der Waals surface area (Å²) in [5.41, 5.74) is 7.22.